The van der Waals surface area contributed by atoms with Crippen LogP contribution in [0.5, 0.6) is 0 Å². The molecule has 3 N–H and O–H groups in total. The quantitative estimate of drug-likeness (QED) is 0.489. The minimum atomic E-state index is -3.67. The molecule has 0 spiro atoms. The second-order valence-electron chi connectivity index (χ2n) is 8.78. The molecule has 0 aromatic heterocycles. The van der Waals surface area contributed by atoms with Crippen molar-refractivity contribution >= 4 is 43.5 Å². The van der Waals surface area contributed by atoms with Crippen LogP contribution in [0.4, 0.5) is 4.39 Å². The molecule has 0 saturated heterocycles. The molecule has 3 fully saturated rings. The zero-order valence-corrected chi connectivity index (χ0v) is 19.6. The van der Waals surface area contributed by atoms with Gasteiger partial charge in [0.25, 0.3) is 0 Å². The summed E-state index contributed by atoms with van der Waals surface area (Å²) in [5, 5.41) is 11.3. The predicted molar refractivity (Wildman–Crippen MR) is 114 cm³/mol. The summed E-state index contributed by atoms with van der Waals surface area (Å²) < 4.78 is 42.3. The smallest absolute Gasteiger partial charge is 0.223 e. The Morgan fingerprint density at radius 3 is 2.31 bits per heavy atom. The second-order valence-corrected chi connectivity index (χ2v) is 12.5. The highest BCUT2D eigenvalue weighted by Gasteiger charge is 2.42. The maximum Gasteiger partial charge on any atom is 0.223 e. The second kappa shape index (κ2) is 10.1. The first-order valence-corrected chi connectivity index (χ1v) is 13.5. The molecule has 3 rings (SSSR count). The van der Waals surface area contributed by atoms with Crippen LogP contribution < -0.4 is 10.0 Å². The molecule has 0 heterocycles. The molecule has 0 aliphatic heterocycles. The Kier molecular flexibility index (Phi) is 8.26. The van der Waals surface area contributed by atoms with E-state index in [1.54, 1.807) is 0 Å². The molecule has 6 nitrogen and oxygen atoms in total. The predicted octanol–water partition coefficient (Wildman–Crippen LogP) is 2.76. The van der Waals surface area contributed by atoms with Crippen molar-refractivity contribution < 1.29 is 22.7 Å². The number of alkyl halides is 3. The van der Waals surface area contributed by atoms with Gasteiger partial charge in [0.05, 0.1) is 16.7 Å². The van der Waals surface area contributed by atoms with E-state index < -0.39 is 32.7 Å². The molecule has 3 aliphatic rings. The topological polar surface area (TPSA) is 95.5 Å². The molecule has 0 bridgehead atoms. The molecule has 0 aromatic carbocycles. The highest BCUT2D eigenvalue weighted by molar-refractivity contribution is 9.09. The number of nitrogens with one attached hydrogen (secondary N) is 2. The van der Waals surface area contributed by atoms with Crippen molar-refractivity contribution in [3.8, 4) is 0 Å². The van der Waals surface area contributed by atoms with E-state index >= 15 is 0 Å². The normalized spacial score (nSPS) is 41.7. The van der Waals surface area contributed by atoms with Crippen LogP contribution in [0.25, 0.3) is 0 Å². The molecule has 1 amide bonds. The summed E-state index contributed by atoms with van der Waals surface area (Å²) in [7, 11) is -3.67. The van der Waals surface area contributed by atoms with Crippen molar-refractivity contribution in [2.75, 3.05) is 0 Å². The molecular weight excluding hydrogens is 487 g/mol. The van der Waals surface area contributed by atoms with Crippen molar-refractivity contribution in [3.05, 3.63) is 0 Å². The fourth-order valence-corrected chi connectivity index (χ4v) is 7.93. The zero-order valence-electron chi connectivity index (χ0n) is 16.4. The van der Waals surface area contributed by atoms with E-state index in [9.17, 15) is 22.7 Å². The van der Waals surface area contributed by atoms with Gasteiger partial charge in [0.15, 0.2) is 0 Å². The van der Waals surface area contributed by atoms with E-state index in [0.29, 0.717) is 57.8 Å². The first-order chi connectivity index (χ1) is 13.7. The molecule has 29 heavy (non-hydrogen) atoms. The maximum atomic E-state index is 13.6. The van der Waals surface area contributed by atoms with Crippen molar-refractivity contribution in [1.29, 1.82) is 0 Å². The van der Waals surface area contributed by atoms with Gasteiger partial charge >= 0.3 is 0 Å². The number of hydrogen-bond donors (Lipinski definition) is 3. The molecule has 3 saturated carbocycles. The number of amides is 1. The maximum absolute atomic E-state index is 13.6. The zero-order chi connectivity index (χ0) is 21.2. The Morgan fingerprint density at radius 1 is 1.00 bits per heavy atom. The Hall–Kier alpha value is 0.0400. The van der Waals surface area contributed by atoms with Gasteiger partial charge in [-0.3, -0.25) is 4.79 Å². The van der Waals surface area contributed by atoms with Gasteiger partial charge in [-0.05, 0) is 64.2 Å². The van der Waals surface area contributed by atoms with Crippen molar-refractivity contribution in [2.45, 2.75) is 104 Å². The average molecular weight is 518 g/mol. The summed E-state index contributed by atoms with van der Waals surface area (Å²) in [5.41, 5.74) is 0. The highest BCUT2D eigenvalue weighted by Crippen LogP contribution is 2.34. The van der Waals surface area contributed by atoms with Crippen LogP contribution in [0.2, 0.25) is 0 Å². The Balaban J connectivity index is 1.57. The van der Waals surface area contributed by atoms with Crippen LogP contribution in [0, 0.1) is 5.92 Å². The van der Waals surface area contributed by atoms with E-state index in [-0.39, 0.29) is 35.3 Å². The first kappa shape index (κ1) is 23.7. The number of sulfonamides is 1. The van der Waals surface area contributed by atoms with Crippen LogP contribution in [0.15, 0.2) is 0 Å². The number of halogens is 3. The van der Waals surface area contributed by atoms with Gasteiger partial charge in [0.2, 0.25) is 15.9 Å². The first-order valence-electron chi connectivity index (χ1n) is 10.6. The number of carbonyl (C=O) groups excluding carboxylic acids is 1. The molecule has 6 unspecified atom stereocenters. The third kappa shape index (κ3) is 6.28. The van der Waals surface area contributed by atoms with E-state index in [1.807, 2.05) is 0 Å². The molecule has 0 radical (unpaired) electrons. The van der Waals surface area contributed by atoms with Gasteiger partial charge in [-0.25, -0.2) is 17.5 Å². The van der Waals surface area contributed by atoms with Gasteiger partial charge in [-0.1, -0.05) is 15.9 Å². The summed E-state index contributed by atoms with van der Waals surface area (Å²) >= 11 is 9.69. The minimum Gasteiger partial charge on any atom is -0.393 e. The fourth-order valence-electron chi connectivity index (χ4n) is 4.69. The van der Waals surface area contributed by atoms with Crippen LogP contribution in [0.1, 0.15) is 64.2 Å². The Labute approximate surface area is 185 Å². The Morgan fingerprint density at radius 2 is 1.66 bits per heavy atom. The van der Waals surface area contributed by atoms with Crippen LogP contribution in [0.3, 0.4) is 0 Å². The fraction of sp³-hybridized carbons (Fsp3) is 0.947. The van der Waals surface area contributed by atoms with E-state index in [0.717, 1.165) is 0 Å². The minimum absolute atomic E-state index is 0.0885. The van der Waals surface area contributed by atoms with Gasteiger partial charge in [-0.15, -0.1) is 11.6 Å². The van der Waals surface area contributed by atoms with Crippen LogP contribution >= 0.6 is 27.5 Å². The monoisotopic (exact) mass is 516 g/mol. The summed E-state index contributed by atoms with van der Waals surface area (Å²) in [6.07, 6.45) is 3.89. The lowest BCUT2D eigenvalue weighted by molar-refractivity contribution is -0.126. The van der Waals surface area contributed by atoms with Crippen LogP contribution in [-0.4, -0.2) is 59.2 Å². The van der Waals surface area contributed by atoms with Gasteiger partial charge in [0.1, 0.15) is 6.17 Å². The number of aliphatic hydroxyl groups excluding tert-OH is 1. The molecule has 0 aromatic rings. The van der Waals surface area contributed by atoms with Gasteiger partial charge < -0.3 is 10.4 Å². The molecule has 10 heteroatoms. The number of hydrogen-bond acceptors (Lipinski definition) is 4. The van der Waals surface area contributed by atoms with E-state index in [1.165, 1.54) is 0 Å². The lowest BCUT2D eigenvalue weighted by atomic mass is 9.87. The van der Waals surface area contributed by atoms with Crippen molar-refractivity contribution in [3.63, 3.8) is 0 Å². The summed E-state index contributed by atoms with van der Waals surface area (Å²) in [6, 6.07) is -0.275. The number of rotatable bonds is 5. The molecule has 168 valence electrons. The lowest BCUT2D eigenvalue weighted by Gasteiger charge is -2.35. The summed E-state index contributed by atoms with van der Waals surface area (Å²) in [6.45, 7) is 0. The van der Waals surface area contributed by atoms with E-state index in [4.69, 9.17) is 11.6 Å². The third-order valence-electron chi connectivity index (χ3n) is 6.55. The van der Waals surface area contributed by atoms with Gasteiger partial charge in [0, 0.05) is 22.8 Å². The number of aliphatic hydroxyl groups is 1. The van der Waals surface area contributed by atoms with Crippen LogP contribution in [-0.2, 0) is 14.8 Å². The van der Waals surface area contributed by atoms with Gasteiger partial charge in [-0.2, -0.15) is 0 Å². The van der Waals surface area contributed by atoms with Crippen molar-refractivity contribution in [1.82, 2.24) is 10.0 Å². The van der Waals surface area contributed by atoms with Crippen molar-refractivity contribution in [2.24, 2.45) is 5.92 Å². The largest absolute Gasteiger partial charge is 0.393 e. The SMILES string of the molecule is O=C(NC1CCC(F)C(Br)C1)C1CCC(Cl)C(S(=O)(=O)NC2CCC(O)CC2)C1. The van der Waals surface area contributed by atoms with E-state index in [2.05, 4.69) is 26.0 Å². The molecule has 6 atom stereocenters. The highest BCUT2D eigenvalue weighted by atomic mass is 79.9. The Bertz CT molecular complexity index is 677. The molecular formula is C19H31BrClFN2O4S. The molecule has 3 aliphatic carbocycles. The summed E-state index contributed by atoms with van der Waals surface area (Å²) in [5.74, 6) is -0.562. The lowest BCUT2D eigenvalue weighted by Crippen LogP contribution is -2.51. The number of carbonyl (C=O) groups is 1. The average Bonchev–Trinajstić information content (AvgIpc) is 2.66. The summed E-state index contributed by atoms with van der Waals surface area (Å²) in [4.78, 5) is 12.5. The standard InChI is InChI=1S/C19H31BrClFN2O4S/c20-15-10-13(4-8-17(15)22)23-19(26)11-1-7-16(21)18(9-11)29(27,28)24-12-2-5-14(25)6-3-12/h11-18,24-25H,1-10H2,(H,23,26). The third-order valence-corrected chi connectivity index (χ3v) is 10.1.